The van der Waals surface area contributed by atoms with Crippen LogP contribution in [0, 0.1) is 5.92 Å². The molecule has 2 aromatic carbocycles. The van der Waals surface area contributed by atoms with E-state index in [4.69, 9.17) is 9.84 Å². The first-order chi connectivity index (χ1) is 17.0. The number of carbonyl (C=O) groups excluding carboxylic acids is 2. The first-order valence-electron chi connectivity index (χ1n) is 12.6. The van der Waals surface area contributed by atoms with Crippen LogP contribution in [0.3, 0.4) is 0 Å². The molecule has 3 atom stereocenters. The maximum atomic E-state index is 13.0. The zero-order valence-electron chi connectivity index (χ0n) is 20.2. The van der Waals surface area contributed by atoms with Crippen LogP contribution in [0.1, 0.15) is 68.9 Å². The smallest absolute Gasteiger partial charge is 0.407 e. The molecule has 3 N–H and O–H groups in total. The lowest BCUT2D eigenvalue weighted by Gasteiger charge is -2.32. The minimum Gasteiger partial charge on any atom is -0.481 e. The molecular formula is C28H34N2O5. The van der Waals surface area contributed by atoms with Crippen LogP contribution in [0.25, 0.3) is 11.1 Å². The number of nitrogens with one attached hydrogen (secondary N) is 2. The second-order valence-electron chi connectivity index (χ2n) is 9.51. The van der Waals surface area contributed by atoms with Crippen molar-refractivity contribution in [3.05, 3.63) is 59.7 Å². The minimum atomic E-state index is -0.870. The largest absolute Gasteiger partial charge is 0.481 e. The number of fused-ring (bicyclic) bond motifs is 3. The number of benzene rings is 2. The van der Waals surface area contributed by atoms with E-state index in [0.717, 1.165) is 24.0 Å². The van der Waals surface area contributed by atoms with Crippen molar-refractivity contribution in [2.75, 3.05) is 6.61 Å². The molecule has 2 aliphatic rings. The van der Waals surface area contributed by atoms with Crippen LogP contribution in [0.5, 0.6) is 0 Å². The zero-order valence-corrected chi connectivity index (χ0v) is 20.2. The molecule has 4 rings (SSSR count). The molecule has 2 amide bonds. The highest BCUT2D eigenvalue weighted by molar-refractivity contribution is 5.81. The van der Waals surface area contributed by atoms with Crippen molar-refractivity contribution < 1.29 is 24.2 Å². The summed E-state index contributed by atoms with van der Waals surface area (Å²) in [5.41, 5.74) is 4.66. The van der Waals surface area contributed by atoms with Crippen molar-refractivity contribution in [1.29, 1.82) is 0 Å². The molecule has 0 aliphatic heterocycles. The molecule has 186 valence electrons. The van der Waals surface area contributed by atoms with Crippen LogP contribution in [-0.2, 0) is 14.3 Å². The van der Waals surface area contributed by atoms with Crippen molar-refractivity contribution in [3.63, 3.8) is 0 Å². The quantitative estimate of drug-likeness (QED) is 0.478. The Bertz CT molecular complexity index is 1020. The first-order valence-corrected chi connectivity index (χ1v) is 12.6. The van der Waals surface area contributed by atoms with E-state index < -0.39 is 12.1 Å². The van der Waals surface area contributed by atoms with Gasteiger partial charge in [0.25, 0.3) is 0 Å². The molecule has 35 heavy (non-hydrogen) atoms. The average molecular weight is 479 g/mol. The Morgan fingerprint density at radius 3 is 2.26 bits per heavy atom. The molecule has 0 spiro atoms. The number of hydrogen-bond donors (Lipinski definition) is 3. The summed E-state index contributed by atoms with van der Waals surface area (Å²) in [6, 6.07) is 15.9. The van der Waals surface area contributed by atoms with Gasteiger partial charge in [-0.2, -0.15) is 0 Å². The first kappa shape index (κ1) is 24.8. The van der Waals surface area contributed by atoms with Gasteiger partial charge in [0.1, 0.15) is 6.61 Å². The summed E-state index contributed by atoms with van der Waals surface area (Å²) < 4.78 is 5.69. The fourth-order valence-corrected chi connectivity index (χ4v) is 5.39. The van der Waals surface area contributed by atoms with Gasteiger partial charge >= 0.3 is 12.1 Å². The van der Waals surface area contributed by atoms with E-state index in [2.05, 4.69) is 34.9 Å². The van der Waals surface area contributed by atoms with Crippen LogP contribution in [0.4, 0.5) is 4.79 Å². The van der Waals surface area contributed by atoms with Crippen molar-refractivity contribution in [3.8, 4) is 11.1 Å². The fourth-order valence-electron chi connectivity index (χ4n) is 5.39. The predicted molar refractivity (Wildman–Crippen MR) is 133 cm³/mol. The Morgan fingerprint density at radius 2 is 1.63 bits per heavy atom. The maximum Gasteiger partial charge on any atom is 0.407 e. The van der Waals surface area contributed by atoms with E-state index in [1.807, 2.05) is 31.2 Å². The second-order valence-corrected chi connectivity index (χ2v) is 9.51. The summed E-state index contributed by atoms with van der Waals surface area (Å²) >= 11 is 0. The third-order valence-corrected chi connectivity index (χ3v) is 7.30. The normalized spacial score (nSPS) is 19.8. The molecular weight excluding hydrogens is 444 g/mol. The topological polar surface area (TPSA) is 105 Å². The molecule has 0 heterocycles. The lowest BCUT2D eigenvalue weighted by molar-refractivity contribution is -0.137. The molecule has 0 radical (unpaired) electrons. The van der Waals surface area contributed by atoms with Gasteiger partial charge in [0.2, 0.25) is 5.91 Å². The number of aliphatic carboxylic acids is 1. The molecule has 3 unspecified atom stereocenters. The number of amides is 2. The van der Waals surface area contributed by atoms with Gasteiger partial charge in [-0.1, -0.05) is 68.3 Å². The van der Waals surface area contributed by atoms with Crippen LogP contribution in [-0.4, -0.2) is 41.8 Å². The number of carboxylic acid groups (broad SMARTS) is 1. The third-order valence-electron chi connectivity index (χ3n) is 7.30. The molecule has 1 saturated carbocycles. The highest BCUT2D eigenvalue weighted by Crippen LogP contribution is 2.44. The summed E-state index contributed by atoms with van der Waals surface area (Å²) in [7, 11) is 0. The van der Waals surface area contributed by atoms with Crippen molar-refractivity contribution >= 4 is 18.0 Å². The maximum absolute atomic E-state index is 13.0. The van der Waals surface area contributed by atoms with Gasteiger partial charge in [-0.15, -0.1) is 0 Å². The molecule has 1 fully saturated rings. The Labute approximate surface area is 206 Å². The van der Waals surface area contributed by atoms with E-state index >= 15 is 0 Å². The summed E-state index contributed by atoms with van der Waals surface area (Å²) in [6.45, 7) is 2.16. The highest BCUT2D eigenvalue weighted by Gasteiger charge is 2.34. The average Bonchev–Trinajstić information content (AvgIpc) is 3.19. The molecule has 7 nitrogen and oxygen atoms in total. The number of alkyl carbamates (subject to hydrolysis) is 1. The van der Waals surface area contributed by atoms with Crippen LogP contribution in [0.2, 0.25) is 0 Å². The van der Waals surface area contributed by atoms with Crippen LogP contribution >= 0.6 is 0 Å². The van der Waals surface area contributed by atoms with Crippen molar-refractivity contribution in [2.45, 2.75) is 69.9 Å². The lowest BCUT2D eigenvalue weighted by atomic mass is 9.83. The predicted octanol–water partition coefficient (Wildman–Crippen LogP) is 4.84. The lowest BCUT2D eigenvalue weighted by Crippen LogP contribution is -2.50. The van der Waals surface area contributed by atoms with Crippen molar-refractivity contribution in [2.24, 2.45) is 5.92 Å². The van der Waals surface area contributed by atoms with E-state index in [0.29, 0.717) is 25.7 Å². The van der Waals surface area contributed by atoms with Gasteiger partial charge in [-0.05, 0) is 47.9 Å². The van der Waals surface area contributed by atoms with Gasteiger partial charge < -0.3 is 20.5 Å². The standard InChI is InChI=1S/C28H34N2O5/c1-2-18(15-16-26(31)32)29-27(33)23-13-7-8-14-25(23)30-28(34)35-17-24-21-11-5-3-9-19(21)20-10-4-6-12-22(20)24/h3-6,9-12,18,23-25H,2,7-8,13-17H2,1H3,(H,29,33)(H,30,34)(H,31,32). The Balaban J connectivity index is 1.35. The molecule has 7 heteroatoms. The zero-order chi connectivity index (χ0) is 24.8. The molecule has 2 aliphatic carbocycles. The van der Waals surface area contributed by atoms with E-state index in [1.54, 1.807) is 0 Å². The molecule has 0 bridgehead atoms. The van der Waals surface area contributed by atoms with E-state index in [-0.39, 0.29) is 42.9 Å². The van der Waals surface area contributed by atoms with Crippen LogP contribution < -0.4 is 10.6 Å². The van der Waals surface area contributed by atoms with Gasteiger partial charge in [-0.3, -0.25) is 9.59 Å². The fraction of sp³-hybridized carbons (Fsp3) is 0.464. The SMILES string of the molecule is CCC(CCC(=O)O)NC(=O)C1CCCCC1NC(=O)OCC1c2ccccc2-c2ccccc21. The highest BCUT2D eigenvalue weighted by atomic mass is 16.5. The Morgan fingerprint density at radius 1 is 1.00 bits per heavy atom. The van der Waals surface area contributed by atoms with E-state index in [9.17, 15) is 14.4 Å². The Kier molecular flexibility index (Phi) is 8.06. The second kappa shape index (κ2) is 11.4. The van der Waals surface area contributed by atoms with Crippen molar-refractivity contribution in [1.82, 2.24) is 10.6 Å². The summed E-state index contributed by atoms with van der Waals surface area (Å²) in [6.07, 6.45) is 3.84. The van der Waals surface area contributed by atoms with E-state index in [1.165, 1.54) is 11.1 Å². The number of hydrogen-bond acceptors (Lipinski definition) is 4. The Hall–Kier alpha value is -3.35. The number of ether oxygens (including phenoxy) is 1. The summed E-state index contributed by atoms with van der Waals surface area (Å²) in [5.74, 6) is -1.35. The minimum absolute atomic E-state index is 0.0156. The van der Waals surface area contributed by atoms with Gasteiger partial charge in [0.05, 0.1) is 5.92 Å². The molecule has 2 aromatic rings. The number of carbonyl (C=O) groups is 3. The van der Waals surface area contributed by atoms with Gasteiger partial charge in [0.15, 0.2) is 0 Å². The van der Waals surface area contributed by atoms with Gasteiger partial charge in [-0.25, -0.2) is 4.79 Å². The third kappa shape index (κ3) is 5.84. The number of rotatable bonds is 9. The monoisotopic (exact) mass is 478 g/mol. The van der Waals surface area contributed by atoms with Gasteiger partial charge in [0, 0.05) is 24.4 Å². The van der Waals surface area contributed by atoms with Crippen LogP contribution in [0.15, 0.2) is 48.5 Å². The summed E-state index contributed by atoms with van der Waals surface area (Å²) in [5, 5.41) is 14.9. The molecule has 0 saturated heterocycles. The molecule has 0 aromatic heterocycles. The summed E-state index contributed by atoms with van der Waals surface area (Å²) in [4.78, 5) is 36.7. The number of carboxylic acids is 1.